The molecule has 0 unspecified atom stereocenters. The van der Waals surface area contributed by atoms with Gasteiger partial charge in [0.15, 0.2) is 5.65 Å². The highest BCUT2D eigenvalue weighted by Gasteiger charge is 2.24. The van der Waals surface area contributed by atoms with E-state index >= 15 is 4.39 Å². The minimum atomic E-state index is -0.321. The van der Waals surface area contributed by atoms with E-state index in [2.05, 4.69) is 15.0 Å². The molecule has 1 fully saturated rings. The van der Waals surface area contributed by atoms with Crippen molar-refractivity contribution in [1.82, 2.24) is 14.6 Å². The number of hydrogen-bond acceptors (Lipinski definition) is 5. The maximum atomic E-state index is 15.7. The van der Waals surface area contributed by atoms with Crippen molar-refractivity contribution in [3.63, 3.8) is 0 Å². The fourth-order valence-corrected chi connectivity index (χ4v) is 4.18. The van der Waals surface area contributed by atoms with Gasteiger partial charge in [-0.2, -0.15) is 9.61 Å². The minimum Gasteiger partial charge on any atom is -0.378 e. The van der Waals surface area contributed by atoms with E-state index < -0.39 is 0 Å². The Balaban J connectivity index is 1.67. The SMILES string of the molecule is CN(c1c(F)cc(-c2cccc(Cl)c2)cc1N1CCOCC1)c1ccnc2ccnn12. The largest absolute Gasteiger partial charge is 0.378 e. The molecular weight excluding hydrogens is 417 g/mol. The monoisotopic (exact) mass is 437 g/mol. The van der Waals surface area contributed by atoms with E-state index in [0.29, 0.717) is 42.7 Å². The lowest BCUT2D eigenvalue weighted by Gasteiger charge is -2.33. The summed E-state index contributed by atoms with van der Waals surface area (Å²) in [6.45, 7) is 2.58. The molecule has 0 atom stereocenters. The van der Waals surface area contributed by atoms with Gasteiger partial charge >= 0.3 is 0 Å². The molecule has 1 saturated heterocycles. The fourth-order valence-electron chi connectivity index (χ4n) is 3.99. The van der Waals surface area contributed by atoms with Gasteiger partial charge in [0.1, 0.15) is 17.3 Å². The van der Waals surface area contributed by atoms with Crippen molar-refractivity contribution >= 4 is 34.4 Å². The summed E-state index contributed by atoms with van der Waals surface area (Å²) in [5.74, 6) is 0.400. The van der Waals surface area contributed by atoms with E-state index in [1.165, 1.54) is 0 Å². The summed E-state index contributed by atoms with van der Waals surface area (Å²) in [6.07, 6.45) is 3.39. The zero-order valence-electron chi connectivity index (χ0n) is 17.0. The van der Waals surface area contributed by atoms with Crippen molar-refractivity contribution < 1.29 is 9.13 Å². The lowest BCUT2D eigenvalue weighted by atomic mass is 10.0. The van der Waals surface area contributed by atoms with Gasteiger partial charge in [-0.1, -0.05) is 23.7 Å². The van der Waals surface area contributed by atoms with Gasteiger partial charge in [-0.3, -0.25) is 0 Å². The van der Waals surface area contributed by atoms with Gasteiger partial charge < -0.3 is 14.5 Å². The topological polar surface area (TPSA) is 45.9 Å². The Morgan fingerprint density at radius 2 is 1.87 bits per heavy atom. The average Bonchev–Trinajstić information content (AvgIpc) is 3.28. The summed E-state index contributed by atoms with van der Waals surface area (Å²) >= 11 is 6.18. The quantitative estimate of drug-likeness (QED) is 0.459. The Hall–Kier alpha value is -3.16. The van der Waals surface area contributed by atoms with Gasteiger partial charge in [0.25, 0.3) is 0 Å². The van der Waals surface area contributed by atoms with Crippen molar-refractivity contribution in [1.29, 1.82) is 0 Å². The number of halogens is 2. The van der Waals surface area contributed by atoms with Crippen LogP contribution in [0.2, 0.25) is 5.02 Å². The van der Waals surface area contributed by atoms with Crippen LogP contribution >= 0.6 is 11.6 Å². The molecule has 0 amide bonds. The van der Waals surface area contributed by atoms with Crippen LogP contribution in [-0.2, 0) is 4.74 Å². The Bertz CT molecular complexity index is 1240. The number of anilines is 3. The van der Waals surface area contributed by atoms with Crippen LogP contribution in [-0.4, -0.2) is 47.9 Å². The number of hydrogen-bond donors (Lipinski definition) is 0. The summed E-state index contributed by atoms with van der Waals surface area (Å²) in [4.78, 5) is 8.30. The Kier molecular flexibility index (Phi) is 5.21. The first kappa shape index (κ1) is 19.8. The average molecular weight is 438 g/mol. The number of fused-ring (bicyclic) bond motifs is 1. The molecule has 4 aromatic rings. The van der Waals surface area contributed by atoms with E-state index in [4.69, 9.17) is 16.3 Å². The third-order valence-corrected chi connectivity index (χ3v) is 5.74. The second-order valence-electron chi connectivity index (χ2n) is 7.40. The summed E-state index contributed by atoms with van der Waals surface area (Å²) in [6, 6.07) is 14.7. The first-order valence-electron chi connectivity index (χ1n) is 10.1. The van der Waals surface area contributed by atoms with Gasteiger partial charge in [-0.15, -0.1) is 0 Å². The van der Waals surface area contributed by atoms with Crippen molar-refractivity contribution in [2.24, 2.45) is 0 Å². The third kappa shape index (κ3) is 3.71. The predicted octanol–water partition coefficient (Wildman–Crippen LogP) is 4.79. The van der Waals surface area contributed by atoms with Crippen LogP contribution in [0, 0.1) is 5.82 Å². The Morgan fingerprint density at radius 1 is 1.03 bits per heavy atom. The molecule has 6 nitrogen and oxygen atoms in total. The molecule has 2 aromatic carbocycles. The molecule has 1 aliphatic rings. The molecule has 0 N–H and O–H groups in total. The first-order chi connectivity index (χ1) is 15.1. The fraction of sp³-hybridized carbons (Fsp3) is 0.217. The van der Waals surface area contributed by atoms with E-state index in [-0.39, 0.29) is 5.82 Å². The Morgan fingerprint density at radius 3 is 2.68 bits per heavy atom. The van der Waals surface area contributed by atoms with E-state index in [1.807, 2.05) is 54.4 Å². The maximum absolute atomic E-state index is 15.7. The summed E-state index contributed by atoms with van der Waals surface area (Å²) in [7, 11) is 1.85. The molecular formula is C23H21ClFN5O. The number of rotatable bonds is 4. The van der Waals surface area contributed by atoms with Crippen molar-refractivity contribution in [3.05, 3.63) is 71.8 Å². The highest BCUT2D eigenvalue weighted by Crippen LogP contribution is 2.40. The van der Waals surface area contributed by atoms with Gasteiger partial charge in [0, 0.05) is 37.4 Å². The molecule has 0 bridgehead atoms. The number of morpholine rings is 1. The normalized spacial score (nSPS) is 14.2. The molecule has 0 saturated carbocycles. The third-order valence-electron chi connectivity index (χ3n) is 5.50. The number of ether oxygens (including phenoxy) is 1. The van der Waals surface area contributed by atoms with Crippen LogP contribution in [0.4, 0.5) is 21.6 Å². The molecule has 2 aromatic heterocycles. The zero-order chi connectivity index (χ0) is 21.4. The van der Waals surface area contributed by atoms with Crippen LogP contribution < -0.4 is 9.80 Å². The summed E-state index contributed by atoms with van der Waals surface area (Å²) in [5.41, 5.74) is 3.63. The summed E-state index contributed by atoms with van der Waals surface area (Å²) in [5, 5.41) is 4.97. The van der Waals surface area contributed by atoms with E-state index in [0.717, 1.165) is 22.6 Å². The van der Waals surface area contributed by atoms with Crippen molar-refractivity contribution in [2.45, 2.75) is 0 Å². The zero-order valence-corrected chi connectivity index (χ0v) is 17.8. The van der Waals surface area contributed by atoms with Crippen LogP contribution in [0.25, 0.3) is 16.8 Å². The minimum absolute atomic E-state index is 0.321. The summed E-state index contributed by atoms with van der Waals surface area (Å²) < 4.78 is 23.0. The maximum Gasteiger partial charge on any atom is 0.157 e. The predicted molar refractivity (Wildman–Crippen MR) is 121 cm³/mol. The molecule has 8 heteroatoms. The van der Waals surface area contributed by atoms with Crippen LogP contribution in [0.15, 0.2) is 60.9 Å². The van der Waals surface area contributed by atoms with Crippen LogP contribution in [0.3, 0.4) is 0 Å². The highest BCUT2D eigenvalue weighted by atomic mass is 35.5. The van der Waals surface area contributed by atoms with Gasteiger partial charge in [0.2, 0.25) is 0 Å². The van der Waals surface area contributed by atoms with Crippen molar-refractivity contribution in [2.75, 3.05) is 43.2 Å². The van der Waals surface area contributed by atoms with Crippen LogP contribution in [0.5, 0.6) is 0 Å². The van der Waals surface area contributed by atoms with Crippen molar-refractivity contribution in [3.8, 4) is 11.1 Å². The molecule has 3 heterocycles. The number of aromatic nitrogens is 3. The van der Waals surface area contributed by atoms with Gasteiger partial charge in [-0.05, 0) is 41.5 Å². The second-order valence-corrected chi connectivity index (χ2v) is 7.84. The smallest absolute Gasteiger partial charge is 0.157 e. The highest BCUT2D eigenvalue weighted by molar-refractivity contribution is 6.30. The molecule has 1 aliphatic heterocycles. The lowest BCUT2D eigenvalue weighted by molar-refractivity contribution is 0.122. The molecule has 5 rings (SSSR count). The lowest BCUT2D eigenvalue weighted by Crippen LogP contribution is -2.37. The second kappa shape index (κ2) is 8.17. The molecule has 158 valence electrons. The first-order valence-corrected chi connectivity index (χ1v) is 10.4. The number of nitrogens with zero attached hydrogens (tertiary/aromatic N) is 5. The van der Waals surface area contributed by atoms with E-state index in [9.17, 15) is 0 Å². The van der Waals surface area contributed by atoms with Gasteiger partial charge in [0.05, 0.1) is 25.1 Å². The molecule has 31 heavy (non-hydrogen) atoms. The van der Waals surface area contributed by atoms with Gasteiger partial charge in [-0.25, -0.2) is 9.37 Å². The molecule has 0 spiro atoms. The van der Waals surface area contributed by atoms with Crippen LogP contribution in [0.1, 0.15) is 0 Å². The van der Waals surface area contributed by atoms with E-state index in [1.54, 1.807) is 23.0 Å². The standard InChI is InChI=1S/C23H21ClFN5O/c1-28(22-6-7-26-21-5-8-27-30(21)22)23-19(25)14-17(16-3-2-4-18(24)13-16)15-20(23)29-9-11-31-12-10-29/h2-8,13-15H,9-12H2,1H3. The number of benzene rings is 2. The molecule has 0 radical (unpaired) electrons. The Labute approximate surface area is 184 Å². The molecule has 0 aliphatic carbocycles.